The average Bonchev–Trinajstić information content (AvgIpc) is 2.22. The second-order valence-corrected chi connectivity index (χ2v) is 3.82. The lowest BCUT2D eigenvalue weighted by Gasteiger charge is -2.15. The van der Waals surface area contributed by atoms with Gasteiger partial charge in [-0.2, -0.15) is 5.26 Å². The van der Waals surface area contributed by atoms with Crippen LogP contribution in [0.15, 0.2) is 0 Å². The van der Waals surface area contributed by atoms with Crippen molar-refractivity contribution in [2.45, 2.75) is 13.8 Å². The summed E-state index contributed by atoms with van der Waals surface area (Å²) in [5.74, 6) is -0.213. The maximum atomic E-state index is 11.2. The molecule has 0 radical (unpaired) electrons. The minimum atomic E-state index is -0.539. The lowest BCUT2D eigenvalue weighted by Crippen LogP contribution is -2.35. The molecular weight excluding hydrogens is 196 g/mol. The molecule has 0 unspecified atom stereocenters. The van der Waals surface area contributed by atoms with Crippen LogP contribution in [-0.4, -0.2) is 39.4 Å². The zero-order chi connectivity index (χ0) is 11.7. The van der Waals surface area contributed by atoms with Gasteiger partial charge in [0.2, 0.25) is 5.91 Å². The van der Waals surface area contributed by atoms with E-state index in [1.807, 2.05) is 0 Å². The third-order valence-electron chi connectivity index (χ3n) is 1.70. The Morgan fingerprint density at radius 1 is 1.47 bits per heavy atom. The molecule has 0 saturated carbocycles. The summed E-state index contributed by atoms with van der Waals surface area (Å²) in [5, 5.41) is 11.3. The van der Waals surface area contributed by atoms with Crippen LogP contribution in [0.4, 0.5) is 0 Å². The number of ether oxygens (including phenoxy) is 2. The van der Waals surface area contributed by atoms with Gasteiger partial charge in [0.25, 0.3) is 0 Å². The zero-order valence-corrected chi connectivity index (χ0v) is 9.50. The molecule has 0 rings (SSSR count). The Hall–Kier alpha value is -1.12. The highest BCUT2D eigenvalue weighted by molar-refractivity contribution is 5.77. The van der Waals surface area contributed by atoms with Gasteiger partial charge in [-0.15, -0.1) is 0 Å². The molecule has 0 atom stereocenters. The molecule has 0 spiro atoms. The number of amides is 1. The first-order valence-electron chi connectivity index (χ1n) is 4.76. The van der Waals surface area contributed by atoms with Crippen molar-refractivity contribution in [3.63, 3.8) is 0 Å². The SMILES string of the molecule is COCCOCC(=O)NCC(C)(C)C#N. The second-order valence-electron chi connectivity index (χ2n) is 3.82. The van der Waals surface area contributed by atoms with Crippen LogP contribution in [-0.2, 0) is 14.3 Å². The van der Waals surface area contributed by atoms with E-state index in [1.165, 1.54) is 0 Å². The molecule has 0 heterocycles. The van der Waals surface area contributed by atoms with Crippen LogP contribution in [0.3, 0.4) is 0 Å². The molecule has 0 aromatic carbocycles. The van der Waals surface area contributed by atoms with Gasteiger partial charge in [-0.3, -0.25) is 4.79 Å². The summed E-state index contributed by atoms with van der Waals surface area (Å²) in [6.07, 6.45) is 0. The molecule has 86 valence electrons. The lowest BCUT2D eigenvalue weighted by molar-refractivity contribution is -0.126. The number of hydrogen-bond donors (Lipinski definition) is 1. The maximum Gasteiger partial charge on any atom is 0.246 e. The van der Waals surface area contributed by atoms with Crippen LogP contribution in [0.5, 0.6) is 0 Å². The van der Waals surface area contributed by atoms with E-state index >= 15 is 0 Å². The molecule has 0 bridgehead atoms. The Labute approximate surface area is 90.4 Å². The number of methoxy groups -OCH3 is 1. The van der Waals surface area contributed by atoms with Gasteiger partial charge in [-0.1, -0.05) is 0 Å². The predicted molar refractivity (Wildman–Crippen MR) is 55.1 cm³/mol. The Morgan fingerprint density at radius 2 is 2.13 bits per heavy atom. The molecule has 0 aromatic rings. The predicted octanol–water partition coefficient (Wildman–Crippen LogP) is 0.315. The van der Waals surface area contributed by atoms with E-state index in [0.717, 1.165) is 0 Å². The molecule has 15 heavy (non-hydrogen) atoms. The molecule has 0 aliphatic rings. The summed E-state index contributed by atoms with van der Waals surface area (Å²) in [6, 6.07) is 2.10. The topological polar surface area (TPSA) is 71.3 Å². The summed E-state index contributed by atoms with van der Waals surface area (Å²) in [7, 11) is 1.57. The summed E-state index contributed by atoms with van der Waals surface area (Å²) >= 11 is 0. The smallest absolute Gasteiger partial charge is 0.246 e. The quantitative estimate of drug-likeness (QED) is 0.619. The number of carbonyl (C=O) groups excluding carboxylic acids is 1. The number of nitrogens with one attached hydrogen (secondary N) is 1. The van der Waals surface area contributed by atoms with Crippen molar-refractivity contribution in [1.29, 1.82) is 5.26 Å². The minimum Gasteiger partial charge on any atom is -0.382 e. The molecule has 5 heteroatoms. The van der Waals surface area contributed by atoms with E-state index in [2.05, 4.69) is 11.4 Å². The Bertz CT molecular complexity index is 233. The van der Waals surface area contributed by atoms with Crippen molar-refractivity contribution in [3.8, 4) is 6.07 Å². The molecule has 0 saturated heterocycles. The number of nitrogens with zero attached hydrogens (tertiary/aromatic N) is 1. The van der Waals surface area contributed by atoms with E-state index in [1.54, 1.807) is 21.0 Å². The Balaban J connectivity index is 3.55. The van der Waals surface area contributed by atoms with Crippen molar-refractivity contribution >= 4 is 5.91 Å². The van der Waals surface area contributed by atoms with E-state index in [0.29, 0.717) is 19.8 Å². The van der Waals surface area contributed by atoms with Gasteiger partial charge in [0.1, 0.15) is 6.61 Å². The monoisotopic (exact) mass is 214 g/mol. The van der Waals surface area contributed by atoms with Gasteiger partial charge in [-0.25, -0.2) is 0 Å². The van der Waals surface area contributed by atoms with Crippen LogP contribution in [0, 0.1) is 16.7 Å². The fraction of sp³-hybridized carbons (Fsp3) is 0.800. The molecule has 0 aromatic heterocycles. The van der Waals surface area contributed by atoms with Gasteiger partial charge in [0, 0.05) is 13.7 Å². The van der Waals surface area contributed by atoms with Crippen LogP contribution < -0.4 is 5.32 Å². The van der Waals surface area contributed by atoms with Crippen molar-refractivity contribution in [3.05, 3.63) is 0 Å². The fourth-order valence-corrected chi connectivity index (χ4v) is 0.717. The van der Waals surface area contributed by atoms with Crippen LogP contribution in [0.2, 0.25) is 0 Å². The Kier molecular flexibility index (Phi) is 6.67. The highest BCUT2D eigenvalue weighted by Crippen LogP contribution is 2.10. The lowest BCUT2D eigenvalue weighted by atomic mass is 9.96. The van der Waals surface area contributed by atoms with E-state index in [9.17, 15) is 4.79 Å². The van der Waals surface area contributed by atoms with Gasteiger partial charge >= 0.3 is 0 Å². The van der Waals surface area contributed by atoms with Crippen LogP contribution in [0.25, 0.3) is 0 Å². The number of nitriles is 1. The van der Waals surface area contributed by atoms with Gasteiger partial charge in [-0.05, 0) is 13.8 Å². The zero-order valence-electron chi connectivity index (χ0n) is 9.50. The molecule has 5 nitrogen and oxygen atoms in total. The third-order valence-corrected chi connectivity index (χ3v) is 1.70. The van der Waals surface area contributed by atoms with Crippen molar-refractivity contribution in [2.24, 2.45) is 5.41 Å². The highest BCUT2D eigenvalue weighted by Gasteiger charge is 2.17. The molecule has 0 fully saturated rings. The number of carbonyl (C=O) groups is 1. The van der Waals surface area contributed by atoms with Crippen molar-refractivity contribution in [1.82, 2.24) is 5.32 Å². The first-order valence-corrected chi connectivity index (χ1v) is 4.76. The Morgan fingerprint density at radius 3 is 2.67 bits per heavy atom. The molecule has 1 N–H and O–H groups in total. The number of hydrogen-bond acceptors (Lipinski definition) is 4. The second kappa shape index (κ2) is 7.21. The summed E-state index contributed by atoms with van der Waals surface area (Å²) in [5.41, 5.74) is -0.539. The average molecular weight is 214 g/mol. The first kappa shape index (κ1) is 13.9. The molecule has 1 amide bonds. The van der Waals surface area contributed by atoms with Gasteiger partial charge < -0.3 is 14.8 Å². The van der Waals surface area contributed by atoms with Crippen molar-refractivity contribution in [2.75, 3.05) is 33.5 Å². The van der Waals surface area contributed by atoms with E-state index in [4.69, 9.17) is 14.7 Å². The molecule has 0 aliphatic heterocycles. The molecular formula is C10H18N2O3. The third kappa shape index (κ3) is 7.91. The standard InChI is InChI=1S/C10H18N2O3/c1-10(2,7-11)8-12-9(13)6-15-5-4-14-3/h4-6,8H2,1-3H3,(H,12,13). The normalized spacial score (nSPS) is 10.8. The van der Waals surface area contributed by atoms with Crippen LogP contribution >= 0.6 is 0 Å². The first-order chi connectivity index (χ1) is 7.02. The summed E-state index contributed by atoms with van der Waals surface area (Å²) in [6.45, 7) is 4.72. The highest BCUT2D eigenvalue weighted by atomic mass is 16.5. The van der Waals surface area contributed by atoms with Crippen molar-refractivity contribution < 1.29 is 14.3 Å². The minimum absolute atomic E-state index is 0.00483. The molecule has 0 aliphatic carbocycles. The maximum absolute atomic E-state index is 11.2. The summed E-state index contributed by atoms with van der Waals surface area (Å²) < 4.78 is 9.77. The van der Waals surface area contributed by atoms with E-state index < -0.39 is 5.41 Å². The fourth-order valence-electron chi connectivity index (χ4n) is 0.717. The largest absolute Gasteiger partial charge is 0.382 e. The van der Waals surface area contributed by atoms with E-state index in [-0.39, 0.29) is 12.5 Å². The van der Waals surface area contributed by atoms with Gasteiger partial charge in [0.05, 0.1) is 24.7 Å². The number of rotatable bonds is 7. The van der Waals surface area contributed by atoms with Crippen LogP contribution in [0.1, 0.15) is 13.8 Å². The summed E-state index contributed by atoms with van der Waals surface area (Å²) in [4.78, 5) is 11.2. The van der Waals surface area contributed by atoms with Gasteiger partial charge in [0.15, 0.2) is 0 Å².